The van der Waals surface area contributed by atoms with Crippen LogP contribution in [0.15, 0.2) is 0 Å². The zero-order valence-corrected chi connectivity index (χ0v) is 7.62. The van der Waals surface area contributed by atoms with E-state index in [0.29, 0.717) is 0 Å². The summed E-state index contributed by atoms with van der Waals surface area (Å²) in [6.45, 7) is 1.89. The second kappa shape index (κ2) is 2.19. The molecule has 0 spiro atoms. The van der Waals surface area contributed by atoms with E-state index in [1.807, 2.05) is 6.92 Å². The summed E-state index contributed by atoms with van der Waals surface area (Å²) < 4.78 is 0. The molecule has 0 rings (SSSR count). The van der Waals surface area contributed by atoms with Gasteiger partial charge in [0.25, 0.3) is 0 Å². The molecule has 0 bridgehead atoms. The van der Waals surface area contributed by atoms with Gasteiger partial charge in [0.15, 0.2) is 0 Å². The van der Waals surface area contributed by atoms with E-state index >= 15 is 0 Å². The Morgan fingerprint density at radius 1 is 1.29 bits per heavy atom. The first kappa shape index (κ1) is 7.52. The molecule has 0 amide bonds. The molecular formula is C5H15AsO. The van der Waals surface area contributed by atoms with E-state index in [-0.39, 0.29) is 4.89 Å². The van der Waals surface area contributed by atoms with Gasteiger partial charge in [0.2, 0.25) is 0 Å². The zero-order valence-electron chi connectivity index (χ0n) is 5.52. The van der Waals surface area contributed by atoms with Crippen molar-refractivity contribution in [2.24, 2.45) is 0 Å². The molecule has 0 aromatic heterocycles. The van der Waals surface area contributed by atoms with Crippen molar-refractivity contribution in [2.45, 2.75) is 28.9 Å². The van der Waals surface area contributed by atoms with E-state index in [9.17, 15) is 0 Å². The quantitative estimate of drug-likeness (QED) is 0.575. The molecule has 0 aromatic rings. The molecule has 0 aliphatic heterocycles. The average Bonchev–Trinajstić information content (AvgIpc) is 1.31. The summed E-state index contributed by atoms with van der Waals surface area (Å²) in [4.78, 5) is -0.0139. The first-order chi connectivity index (χ1) is 2.94. The molecule has 0 saturated carbocycles. The van der Waals surface area contributed by atoms with Gasteiger partial charge in [0.05, 0.1) is 0 Å². The second-order valence-corrected chi connectivity index (χ2v) is 14.7. The topological polar surface area (TPSA) is 20.2 Å². The first-order valence-electron chi connectivity index (χ1n) is 2.62. The van der Waals surface area contributed by atoms with Crippen LogP contribution in [0.3, 0.4) is 0 Å². The van der Waals surface area contributed by atoms with Gasteiger partial charge >= 0.3 is 47.6 Å². The van der Waals surface area contributed by atoms with Gasteiger partial charge in [-0.15, -0.1) is 0 Å². The van der Waals surface area contributed by atoms with Crippen LogP contribution >= 0.6 is 0 Å². The molecular weight excluding hydrogens is 151 g/mol. The zero-order chi connectivity index (χ0) is 6.08. The van der Waals surface area contributed by atoms with Gasteiger partial charge in [-0.05, 0) is 0 Å². The third kappa shape index (κ3) is 3.13. The van der Waals surface area contributed by atoms with Crippen molar-refractivity contribution in [1.82, 2.24) is 0 Å². The molecule has 1 nitrogen and oxygen atoms in total. The van der Waals surface area contributed by atoms with Crippen molar-refractivity contribution in [3.8, 4) is 0 Å². The van der Waals surface area contributed by atoms with Gasteiger partial charge in [0, 0.05) is 0 Å². The second-order valence-electron chi connectivity index (χ2n) is 3.04. The Bertz CT molecular complexity index is 53.6. The average molecular weight is 166 g/mol. The van der Waals surface area contributed by atoms with E-state index in [1.165, 1.54) is 0 Å². The SMILES string of the molecule is CC(O)[AsH](C)(C)C. The van der Waals surface area contributed by atoms with Crippen molar-refractivity contribution >= 4 is 13.6 Å². The Morgan fingerprint density at radius 2 is 1.43 bits per heavy atom. The van der Waals surface area contributed by atoms with Crippen LogP contribution in [-0.2, 0) is 0 Å². The Morgan fingerprint density at radius 3 is 1.43 bits per heavy atom. The summed E-state index contributed by atoms with van der Waals surface area (Å²) in [7, 11) is 0. The van der Waals surface area contributed by atoms with Crippen LogP contribution in [0.5, 0.6) is 0 Å². The van der Waals surface area contributed by atoms with E-state index in [0.717, 1.165) is 0 Å². The minimum atomic E-state index is -1.61. The number of aliphatic hydroxyl groups excluding tert-OH is 1. The van der Waals surface area contributed by atoms with Crippen molar-refractivity contribution < 1.29 is 5.11 Å². The van der Waals surface area contributed by atoms with Crippen LogP contribution in [0, 0.1) is 0 Å². The number of hydrogen-bond donors (Lipinski definition) is 1. The molecule has 0 saturated heterocycles. The van der Waals surface area contributed by atoms with Gasteiger partial charge in [-0.25, -0.2) is 0 Å². The van der Waals surface area contributed by atoms with Crippen LogP contribution in [-0.4, -0.2) is 23.5 Å². The Labute approximate surface area is 48.2 Å². The van der Waals surface area contributed by atoms with Gasteiger partial charge in [0.1, 0.15) is 0 Å². The standard InChI is InChI=1S/C5H15AsO/c1-5(7)6(2,3)4/h5-7H,1-4H3. The molecule has 46 valence electrons. The summed E-state index contributed by atoms with van der Waals surface area (Å²) in [5.74, 6) is 0. The Hall–Kier alpha value is 0.518. The Balaban J connectivity index is 3.54. The minimum absolute atomic E-state index is 0.0139. The van der Waals surface area contributed by atoms with Crippen LogP contribution in [0.2, 0.25) is 17.1 Å². The van der Waals surface area contributed by atoms with E-state index in [1.54, 1.807) is 0 Å². The summed E-state index contributed by atoms with van der Waals surface area (Å²) >= 11 is -1.61. The van der Waals surface area contributed by atoms with Crippen LogP contribution in [0.25, 0.3) is 0 Å². The fourth-order valence-corrected chi connectivity index (χ4v) is 0. The normalized spacial score (nSPS) is 19.0. The molecule has 1 atom stereocenters. The first-order valence-corrected chi connectivity index (χ1v) is 10.1. The third-order valence-corrected chi connectivity index (χ3v) is 6.51. The fourth-order valence-electron chi connectivity index (χ4n) is 0. The predicted octanol–water partition coefficient (Wildman–Crippen LogP) is 0.977. The van der Waals surface area contributed by atoms with Gasteiger partial charge in [-0.2, -0.15) is 0 Å². The molecule has 0 fully saturated rings. The van der Waals surface area contributed by atoms with Crippen molar-refractivity contribution in [1.29, 1.82) is 0 Å². The monoisotopic (exact) mass is 166 g/mol. The van der Waals surface area contributed by atoms with Crippen LogP contribution < -0.4 is 0 Å². The molecule has 0 aliphatic rings. The molecule has 0 radical (unpaired) electrons. The molecule has 7 heavy (non-hydrogen) atoms. The van der Waals surface area contributed by atoms with Crippen LogP contribution in [0.1, 0.15) is 6.92 Å². The molecule has 0 aromatic carbocycles. The number of hydrogen-bond acceptors (Lipinski definition) is 1. The van der Waals surface area contributed by atoms with Gasteiger partial charge in [-0.1, -0.05) is 0 Å². The van der Waals surface area contributed by atoms with Gasteiger partial charge < -0.3 is 0 Å². The summed E-state index contributed by atoms with van der Waals surface area (Å²) in [6.07, 6.45) is 0. The number of aliphatic hydroxyl groups is 1. The molecule has 2 heteroatoms. The predicted molar refractivity (Wildman–Crippen MR) is 36.4 cm³/mol. The van der Waals surface area contributed by atoms with E-state index < -0.39 is 13.6 Å². The molecule has 0 aliphatic carbocycles. The number of rotatable bonds is 1. The van der Waals surface area contributed by atoms with Crippen molar-refractivity contribution in [3.05, 3.63) is 0 Å². The summed E-state index contributed by atoms with van der Waals surface area (Å²) in [6, 6.07) is 0. The van der Waals surface area contributed by atoms with Crippen molar-refractivity contribution in [3.63, 3.8) is 0 Å². The van der Waals surface area contributed by atoms with Crippen molar-refractivity contribution in [2.75, 3.05) is 0 Å². The molecule has 1 N–H and O–H groups in total. The molecule has 0 heterocycles. The van der Waals surface area contributed by atoms with E-state index in [4.69, 9.17) is 5.11 Å². The fraction of sp³-hybridized carbons (Fsp3) is 1.00. The Kier molecular flexibility index (Phi) is 2.35. The summed E-state index contributed by atoms with van der Waals surface area (Å²) in [5, 5.41) is 8.97. The van der Waals surface area contributed by atoms with Crippen LogP contribution in [0.4, 0.5) is 0 Å². The third-order valence-electron chi connectivity index (χ3n) is 1.25. The summed E-state index contributed by atoms with van der Waals surface area (Å²) in [5.41, 5.74) is 6.60. The molecule has 1 unspecified atom stereocenters. The van der Waals surface area contributed by atoms with E-state index in [2.05, 4.69) is 17.1 Å². The van der Waals surface area contributed by atoms with Gasteiger partial charge in [-0.3, -0.25) is 0 Å². The maximum absolute atomic E-state index is 8.97. The maximum atomic E-state index is 8.97.